The summed E-state index contributed by atoms with van der Waals surface area (Å²) >= 11 is 0. The van der Waals surface area contributed by atoms with Crippen LogP contribution in [0.1, 0.15) is 37.7 Å². The lowest BCUT2D eigenvalue weighted by atomic mass is 10.1. The summed E-state index contributed by atoms with van der Waals surface area (Å²) in [5.74, 6) is 0.538. The number of amides is 2. The van der Waals surface area contributed by atoms with Crippen LogP contribution in [0.2, 0.25) is 0 Å². The van der Waals surface area contributed by atoms with E-state index in [1.165, 1.54) is 12.8 Å². The molecule has 2 fully saturated rings. The van der Waals surface area contributed by atoms with Crippen LogP contribution in [0.3, 0.4) is 0 Å². The molecule has 2 amide bonds. The zero-order valence-corrected chi connectivity index (χ0v) is 16.0. The maximum atomic E-state index is 12.6. The Balaban J connectivity index is 1.29. The minimum atomic E-state index is -0.262. The lowest BCUT2D eigenvalue weighted by molar-refractivity contribution is -0.129. The highest BCUT2D eigenvalue weighted by molar-refractivity contribution is 5.97. The Labute approximate surface area is 165 Å². The van der Waals surface area contributed by atoms with Gasteiger partial charge in [-0.2, -0.15) is 0 Å². The Morgan fingerprint density at radius 2 is 1.75 bits per heavy atom. The van der Waals surface area contributed by atoms with Crippen LogP contribution < -0.4 is 10.1 Å². The lowest BCUT2D eigenvalue weighted by Gasteiger charge is -2.23. The van der Waals surface area contributed by atoms with E-state index in [4.69, 9.17) is 4.74 Å². The number of ether oxygens (including phenoxy) is 1. The second kappa shape index (κ2) is 8.46. The summed E-state index contributed by atoms with van der Waals surface area (Å²) in [6, 6.07) is 17.7. The first-order valence-electron chi connectivity index (χ1n) is 10.1. The summed E-state index contributed by atoms with van der Waals surface area (Å²) in [4.78, 5) is 26.8. The van der Waals surface area contributed by atoms with Gasteiger partial charge in [0.2, 0.25) is 11.8 Å². The number of benzene rings is 2. The molecule has 2 aromatic carbocycles. The normalized spacial score (nSPS) is 19.8. The molecule has 0 radical (unpaired) electrons. The number of rotatable bonds is 6. The number of anilines is 1. The average Bonchev–Trinajstić information content (AvgIpc) is 3.38. The van der Waals surface area contributed by atoms with Crippen LogP contribution in [-0.2, 0) is 16.2 Å². The van der Waals surface area contributed by atoms with Gasteiger partial charge in [-0.1, -0.05) is 43.2 Å². The monoisotopic (exact) mass is 378 g/mol. The summed E-state index contributed by atoms with van der Waals surface area (Å²) in [7, 11) is 0. The van der Waals surface area contributed by atoms with Gasteiger partial charge in [-0.3, -0.25) is 9.59 Å². The van der Waals surface area contributed by atoms with Gasteiger partial charge in [0, 0.05) is 24.7 Å². The van der Waals surface area contributed by atoms with E-state index < -0.39 is 0 Å². The molecule has 1 saturated carbocycles. The van der Waals surface area contributed by atoms with E-state index in [0.717, 1.165) is 29.8 Å². The molecule has 2 aromatic rings. The van der Waals surface area contributed by atoms with Gasteiger partial charge in [-0.15, -0.1) is 0 Å². The minimum Gasteiger partial charge on any atom is -0.489 e. The van der Waals surface area contributed by atoms with E-state index in [-0.39, 0.29) is 17.7 Å². The molecule has 1 unspecified atom stereocenters. The molecule has 28 heavy (non-hydrogen) atoms. The minimum absolute atomic E-state index is 0.0770. The smallest absolute Gasteiger partial charge is 0.229 e. The van der Waals surface area contributed by atoms with Crippen LogP contribution in [0.25, 0.3) is 0 Å². The van der Waals surface area contributed by atoms with Gasteiger partial charge in [0.15, 0.2) is 0 Å². The van der Waals surface area contributed by atoms with Crippen LogP contribution >= 0.6 is 0 Å². The number of likely N-dealkylation sites (tertiary alicyclic amines) is 1. The fraction of sp³-hybridized carbons (Fsp3) is 0.391. The van der Waals surface area contributed by atoms with E-state index in [1.54, 1.807) is 0 Å². The van der Waals surface area contributed by atoms with E-state index in [0.29, 0.717) is 25.6 Å². The quantitative estimate of drug-likeness (QED) is 0.827. The molecule has 146 valence electrons. The van der Waals surface area contributed by atoms with Gasteiger partial charge in [0.1, 0.15) is 12.4 Å². The molecule has 0 aromatic heterocycles. The van der Waals surface area contributed by atoms with Crippen molar-refractivity contribution in [3.63, 3.8) is 0 Å². The fourth-order valence-electron chi connectivity index (χ4n) is 4.10. The second-order valence-electron chi connectivity index (χ2n) is 7.67. The molecule has 0 spiro atoms. The Kier molecular flexibility index (Phi) is 5.60. The van der Waals surface area contributed by atoms with Gasteiger partial charge < -0.3 is 15.0 Å². The molecule has 1 saturated heterocycles. The Hall–Kier alpha value is -2.82. The van der Waals surface area contributed by atoms with Crippen LogP contribution in [0, 0.1) is 5.92 Å². The van der Waals surface area contributed by atoms with Gasteiger partial charge in [0.25, 0.3) is 0 Å². The molecular weight excluding hydrogens is 352 g/mol. The Morgan fingerprint density at radius 3 is 2.46 bits per heavy atom. The summed E-state index contributed by atoms with van der Waals surface area (Å²) in [6.07, 6.45) is 4.84. The van der Waals surface area contributed by atoms with E-state index in [2.05, 4.69) is 5.32 Å². The first kappa shape index (κ1) is 18.5. The molecule has 5 heteroatoms. The third kappa shape index (κ3) is 4.35. The maximum Gasteiger partial charge on any atom is 0.229 e. The third-order valence-electron chi connectivity index (χ3n) is 5.66. The Bertz CT molecular complexity index is 814. The predicted molar refractivity (Wildman–Crippen MR) is 108 cm³/mol. The van der Waals surface area contributed by atoms with Gasteiger partial charge in [-0.05, 0) is 42.7 Å². The van der Waals surface area contributed by atoms with Crippen LogP contribution in [-0.4, -0.2) is 29.3 Å². The lowest BCUT2D eigenvalue weighted by Crippen LogP contribution is -2.35. The highest BCUT2D eigenvalue weighted by Gasteiger charge is 2.38. The molecular formula is C23H26N2O3. The predicted octanol–water partition coefficient (Wildman–Crippen LogP) is 4.00. The van der Waals surface area contributed by atoms with Crippen molar-refractivity contribution in [3.05, 3.63) is 60.2 Å². The second-order valence-corrected chi connectivity index (χ2v) is 7.67. The first-order chi connectivity index (χ1) is 13.7. The molecule has 1 N–H and O–H groups in total. The number of nitrogens with one attached hydrogen (secondary N) is 1. The van der Waals surface area contributed by atoms with Crippen molar-refractivity contribution in [2.45, 2.75) is 44.8 Å². The van der Waals surface area contributed by atoms with Crippen molar-refractivity contribution in [2.24, 2.45) is 5.92 Å². The standard InChI is InChI=1S/C23H26N2O3/c26-22-14-18(15-25(22)20-8-4-5-9-20)23(27)24-19-10-12-21(13-11-19)28-16-17-6-2-1-3-7-17/h1-3,6-7,10-13,18,20H,4-5,8-9,14-16H2,(H,24,27). The largest absolute Gasteiger partial charge is 0.489 e. The SMILES string of the molecule is O=C(Nc1ccc(OCc2ccccc2)cc1)C1CC(=O)N(C2CCCC2)C1. The molecule has 2 aliphatic rings. The number of hydrogen-bond acceptors (Lipinski definition) is 3. The fourth-order valence-corrected chi connectivity index (χ4v) is 4.10. The summed E-state index contributed by atoms with van der Waals surface area (Å²) in [5, 5.41) is 2.94. The molecule has 0 bridgehead atoms. The Morgan fingerprint density at radius 1 is 1.04 bits per heavy atom. The number of hydrogen-bond donors (Lipinski definition) is 1. The highest BCUT2D eigenvalue weighted by atomic mass is 16.5. The average molecular weight is 378 g/mol. The summed E-state index contributed by atoms with van der Waals surface area (Å²) in [6.45, 7) is 1.06. The summed E-state index contributed by atoms with van der Waals surface area (Å²) < 4.78 is 5.77. The highest BCUT2D eigenvalue weighted by Crippen LogP contribution is 2.30. The molecule has 1 aliphatic carbocycles. The topological polar surface area (TPSA) is 58.6 Å². The number of carbonyl (C=O) groups excluding carboxylic acids is 2. The van der Waals surface area contributed by atoms with Crippen molar-refractivity contribution in [1.82, 2.24) is 4.90 Å². The van der Waals surface area contributed by atoms with Crippen LogP contribution in [0.5, 0.6) is 5.75 Å². The van der Waals surface area contributed by atoms with Crippen molar-refractivity contribution in [2.75, 3.05) is 11.9 Å². The van der Waals surface area contributed by atoms with Gasteiger partial charge in [-0.25, -0.2) is 0 Å². The molecule has 4 rings (SSSR count). The van der Waals surface area contributed by atoms with Crippen molar-refractivity contribution in [3.8, 4) is 5.75 Å². The zero-order valence-electron chi connectivity index (χ0n) is 16.0. The molecule has 1 aliphatic heterocycles. The number of carbonyl (C=O) groups is 2. The van der Waals surface area contributed by atoms with Gasteiger partial charge >= 0.3 is 0 Å². The van der Waals surface area contributed by atoms with Crippen molar-refractivity contribution >= 4 is 17.5 Å². The van der Waals surface area contributed by atoms with Crippen LogP contribution in [0.4, 0.5) is 5.69 Å². The van der Waals surface area contributed by atoms with Crippen molar-refractivity contribution < 1.29 is 14.3 Å². The molecule has 1 atom stereocenters. The van der Waals surface area contributed by atoms with E-state index in [9.17, 15) is 9.59 Å². The van der Waals surface area contributed by atoms with Crippen molar-refractivity contribution in [1.29, 1.82) is 0 Å². The summed E-state index contributed by atoms with van der Waals surface area (Å²) in [5.41, 5.74) is 1.83. The first-order valence-corrected chi connectivity index (χ1v) is 10.1. The number of nitrogens with zero attached hydrogens (tertiary/aromatic N) is 1. The third-order valence-corrected chi connectivity index (χ3v) is 5.66. The molecule has 5 nitrogen and oxygen atoms in total. The zero-order chi connectivity index (χ0) is 19.3. The van der Waals surface area contributed by atoms with Crippen LogP contribution in [0.15, 0.2) is 54.6 Å². The maximum absolute atomic E-state index is 12.6. The van der Waals surface area contributed by atoms with E-state index in [1.807, 2.05) is 59.5 Å². The van der Waals surface area contributed by atoms with E-state index >= 15 is 0 Å². The molecule has 1 heterocycles. The van der Waals surface area contributed by atoms with Gasteiger partial charge in [0.05, 0.1) is 5.92 Å².